The Morgan fingerprint density at radius 2 is 2.39 bits per heavy atom. The lowest BCUT2D eigenvalue weighted by atomic mass is 10.2. The molecule has 18 heavy (non-hydrogen) atoms. The van der Waals surface area contributed by atoms with Crippen LogP contribution in [0.3, 0.4) is 0 Å². The molecule has 1 unspecified atom stereocenters. The van der Waals surface area contributed by atoms with Gasteiger partial charge in [-0.05, 0) is 0 Å². The second kappa shape index (κ2) is 7.38. The molecule has 0 saturated heterocycles. The minimum atomic E-state index is -1.02. The third-order valence-electron chi connectivity index (χ3n) is 2.17. The molecule has 0 radical (unpaired) electrons. The van der Waals surface area contributed by atoms with Crippen LogP contribution in [0.1, 0.15) is 30.5 Å². The van der Waals surface area contributed by atoms with E-state index in [0.29, 0.717) is 23.8 Å². The molecule has 0 aliphatic heterocycles. The average Bonchev–Trinajstić information content (AvgIpc) is 2.76. The van der Waals surface area contributed by atoms with Crippen molar-refractivity contribution in [1.82, 2.24) is 10.3 Å². The zero-order chi connectivity index (χ0) is 13.5. The molecule has 1 heterocycles. The van der Waals surface area contributed by atoms with Gasteiger partial charge < -0.3 is 10.4 Å². The van der Waals surface area contributed by atoms with E-state index in [4.69, 9.17) is 5.11 Å². The minimum absolute atomic E-state index is 0.336. The number of aliphatic carboxylic acids is 1. The van der Waals surface area contributed by atoms with Gasteiger partial charge in [-0.3, -0.25) is 4.79 Å². The number of carboxylic acids is 1. The summed E-state index contributed by atoms with van der Waals surface area (Å²) in [6.07, 6.45) is 0.416. The van der Waals surface area contributed by atoms with Gasteiger partial charge in [-0.1, -0.05) is 13.8 Å². The molecule has 0 spiro atoms. The topological polar surface area (TPSA) is 79.3 Å². The van der Waals surface area contributed by atoms with Gasteiger partial charge in [-0.15, -0.1) is 11.3 Å². The van der Waals surface area contributed by atoms with Crippen LogP contribution in [0, 0.1) is 0 Å². The number of amides is 1. The molecule has 100 valence electrons. The van der Waals surface area contributed by atoms with Gasteiger partial charge in [0.05, 0.1) is 10.7 Å². The number of carbonyl (C=O) groups excluding carboxylic acids is 1. The molecule has 0 saturated carbocycles. The number of thiazole rings is 1. The standard InChI is InChI=1S/C11H16N2O3S2/c1-7(2)10-13-8(4-18-10)3-17-5-9(11(15)16)12-6-14/h4,6-7,9H,3,5H2,1-2H3,(H,12,14)(H,15,16). The Balaban J connectivity index is 2.39. The number of aromatic nitrogens is 1. The maximum absolute atomic E-state index is 10.8. The van der Waals surface area contributed by atoms with E-state index in [1.807, 2.05) is 5.38 Å². The SMILES string of the molecule is CC(C)c1nc(CSCC(NC=O)C(=O)O)cs1. The zero-order valence-corrected chi connectivity index (χ0v) is 11.9. The van der Waals surface area contributed by atoms with Crippen molar-refractivity contribution in [3.8, 4) is 0 Å². The number of carbonyl (C=O) groups is 2. The molecule has 5 nitrogen and oxygen atoms in total. The summed E-state index contributed by atoms with van der Waals surface area (Å²) >= 11 is 3.07. The van der Waals surface area contributed by atoms with Crippen LogP contribution in [0.15, 0.2) is 5.38 Å². The van der Waals surface area contributed by atoms with Crippen LogP contribution >= 0.6 is 23.1 Å². The predicted molar refractivity (Wildman–Crippen MR) is 73.0 cm³/mol. The fourth-order valence-electron chi connectivity index (χ4n) is 1.21. The van der Waals surface area contributed by atoms with Crippen LogP contribution in [0.4, 0.5) is 0 Å². The molecule has 0 bridgehead atoms. The van der Waals surface area contributed by atoms with E-state index >= 15 is 0 Å². The van der Waals surface area contributed by atoms with Gasteiger partial charge in [0.25, 0.3) is 0 Å². The monoisotopic (exact) mass is 288 g/mol. The van der Waals surface area contributed by atoms with E-state index in [9.17, 15) is 9.59 Å². The van der Waals surface area contributed by atoms with Crippen LogP contribution in [0.2, 0.25) is 0 Å². The Morgan fingerprint density at radius 3 is 2.89 bits per heavy atom. The van der Waals surface area contributed by atoms with Crippen LogP contribution < -0.4 is 5.32 Å². The summed E-state index contributed by atoms with van der Waals surface area (Å²) in [5, 5.41) is 14.2. The number of carboxylic acid groups (broad SMARTS) is 1. The number of rotatable bonds is 8. The number of nitrogens with zero attached hydrogens (tertiary/aromatic N) is 1. The maximum Gasteiger partial charge on any atom is 0.327 e. The van der Waals surface area contributed by atoms with Crippen molar-refractivity contribution in [2.45, 2.75) is 31.6 Å². The molecule has 1 aromatic heterocycles. The maximum atomic E-state index is 10.8. The lowest BCUT2D eigenvalue weighted by Gasteiger charge is -2.09. The first-order valence-corrected chi connectivity index (χ1v) is 7.52. The average molecular weight is 288 g/mol. The number of hydrogen-bond acceptors (Lipinski definition) is 5. The van der Waals surface area contributed by atoms with Crippen molar-refractivity contribution in [2.75, 3.05) is 5.75 Å². The van der Waals surface area contributed by atoms with Crippen molar-refractivity contribution in [2.24, 2.45) is 0 Å². The lowest BCUT2D eigenvalue weighted by molar-refractivity contribution is -0.139. The van der Waals surface area contributed by atoms with E-state index in [2.05, 4.69) is 24.1 Å². The first-order valence-electron chi connectivity index (χ1n) is 5.49. The van der Waals surface area contributed by atoms with Gasteiger partial charge in [0.2, 0.25) is 6.41 Å². The van der Waals surface area contributed by atoms with Crippen LogP contribution in [-0.2, 0) is 15.3 Å². The van der Waals surface area contributed by atoms with E-state index < -0.39 is 12.0 Å². The molecule has 0 aromatic carbocycles. The van der Waals surface area contributed by atoms with Crippen LogP contribution in [-0.4, -0.2) is 34.3 Å². The fourth-order valence-corrected chi connectivity index (χ4v) is 3.10. The summed E-state index contributed by atoms with van der Waals surface area (Å²) in [7, 11) is 0. The van der Waals surface area contributed by atoms with E-state index in [0.717, 1.165) is 10.7 Å². The van der Waals surface area contributed by atoms with Gasteiger partial charge in [0.1, 0.15) is 6.04 Å². The number of nitrogens with one attached hydrogen (secondary N) is 1. The Hall–Kier alpha value is -1.08. The van der Waals surface area contributed by atoms with Gasteiger partial charge in [-0.25, -0.2) is 9.78 Å². The van der Waals surface area contributed by atoms with Crippen molar-refractivity contribution >= 4 is 35.5 Å². The van der Waals surface area contributed by atoms with Crippen molar-refractivity contribution in [3.63, 3.8) is 0 Å². The summed E-state index contributed by atoms with van der Waals surface area (Å²) in [5.41, 5.74) is 0.962. The largest absolute Gasteiger partial charge is 0.480 e. The highest BCUT2D eigenvalue weighted by Gasteiger charge is 2.16. The minimum Gasteiger partial charge on any atom is -0.480 e. The Kier molecular flexibility index (Phi) is 6.14. The third-order valence-corrected chi connectivity index (χ3v) is 4.43. The fraction of sp³-hybridized carbons (Fsp3) is 0.545. The van der Waals surface area contributed by atoms with Gasteiger partial charge in [0, 0.05) is 22.8 Å². The van der Waals surface area contributed by atoms with Crippen molar-refractivity contribution < 1.29 is 14.7 Å². The second-order valence-electron chi connectivity index (χ2n) is 4.02. The molecule has 1 atom stereocenters. The third kappa shape index (κ3) is 4.66. The van der Waals surface area contributed by atoms with Crippen LogP contribution in [0.25, 0.3) is 0 Å². The van der Waals surface area contributed by atoms with E-state index in [1.54, 1.807) is 11.3 Å². The van der Waals surface area contributed by atoms with Gasteiger partial charge in [0.15, 0.2) is 0 Å². The zero-order valence-electron chi connectivity index (χ0n) is 10.3. The molecule has 0 aliphatic rings. The van der Waals surface area contributed by atoms with Gasteiger partial charge >= 0.3 is 5.97 Å². The van der Waals surface area contributed by atoms with Gasteiger partial charge in [-0.2, -0.15) is 11.8 Å². The molecule has 0 aliphatic carbocycles. The predicted octanol–water partition coefficient (Wildman–Crippen LogP) is 1.70. The molecule has 1 aromatic rings. The van der Waals surface area contributed by atoms with Crippen molar-refractivity contribution in [1.29, 1.82) is 0 Å². The van der Waals surface area contributed by atoms with Crippen LogP contribution in [0.5, 0.6) is 0 Å². The Morgan fingerprint density at radius 1 is 1.67 bits per heavy atom. The normalized spacial score (nSPS) is 12.4. The first-order chi connectivity index (χ1) is 8.54. The van der Waals surface area contributed by atoms with E-state index in [1.165, 1.54) is 11.8 Å². The highest BCUT2D eigenvalue weighted by molar-refractivity contribution is 7.98. The molecule has 1 amide bonds. The summed E-state index contributed by atoms with van der Waals surface area (Å²) in [6.45, 7) is 4.18. The number of hydrogen-bond donors (Lipinski definition) is 2. The summed E-state index contributed by atoms with van der Waals surface area (Å²) in [4.78, 5) is 25.5. The Bertz CT molecular complexity index is 407. The van der Waals surface area contributed by atoms with Crippen molar-refractivity contribution in [3.05, 3.63) is 16.1 Å². The summed E-state index contributed by atoms with van der Waals surface area (Å²) in [5.74, 6) is 0.392. The molecule has 1 rings (SSSR count). The molecule has 0 fully saturated rings. The Labute approximate surface area is 114 Å². The first kappa shape index (κ1) is 15.0. The molecular formula is C11H16N2O3S2. The quantitative estimate of drug-likeness (QED) is 0.712. The molecule has 7 heteroatoms. The molecular weight excluding hydrogens is 272 g/mol. The second-order valence-corrected chi connectivity index (χ2v) is 5.94. The highest BCUT2D eigenvalue weighted by Crippen LogP contribution is 2.22. The highest BCUT2D eigenvalue weighted by atomic mass is 32.2. The number of thioether (sulfide) groups is 1. The smallest absolute Gasteiger partial charge is 0.327 e. The molecule has 2 N–H and O–H groups in total. The lowest BCUT2D eigenvalue weighted by Crippen LogP contribution is -2.37. The summed E-state index contributed by atoms with van der Waals surface area (Å²) < 4.78 is 0. The van der Waals surface area contributed by atoms with E-state index in [-0.39, 0.29) is 0 Å². The summed E-state index contributed by atoms with van der Waals surface area (Å²) in [6, 6.07) is -0.837.